The smallest absolute Gasteiger partial charge is 0.266 e. The van der Waals surface area contributed by atoms with Gasteiger partial charge in [0.05, 0.1) is 12.2 Å². The van der Waals surface area contributed by atoms with Crippen LogP contribution in [0.4, 0.5) is 18.9 Å². The van der Waals surface area contributed by atoms with E-state index < -0.39 is 34.0 Å². The molecular weight excluding hydrogens is 405 g/mol. The maximum Gasteiger partial charge on any atom is 0.266 e. The van der Waals surface area contributed by atoms with Crippen LogP contribution in [0.5, 0.6) is 0 Å². The molecule has 0 saturated carbocycles. The second kappa shape index (κ2) is 7.21. The number of anilines is 1. The van der Waals surface area contributed by atoms with Crippen LogP contribution in [0.25, 0.3) is 5.65 Å². The highest BCUT2D eigenvalue weighted by Gasteiger charge is 2.27. The predicted octanol–water partition coefficient (Wildman–Crippen LogP) is 3.54. The summed E-state index contributed by atoms with van der Waals surface area (Å²) < 4.78 is 70.6. The number of halogens is 3. The van der Waals surface area contributed by atoms with Gasteiger partial charge in [0.25, 0.3) is 10.0 Å². The van der Waals surface area contributed by atoms with Crippen molar-refractivity contribution in [2.45, 2.75) is 11.4 Å². The molecule has 148 valence electrons. The van der Waals surface area contributed by atoms with Crippen LogP contribution in [0.1, 0.15) is 5.56 Å². The minimum absolute atomic E-state index is 0.0473. The molecule has 0 fully saturated rings. The Morgan fingerprint density at radius 2 is 1.69 bits per heavy atom. The average molecular weight is 418 g/mol. The summed E-state index contributed by atoms with van der Waals surface area (Å²) in [6, 6.07) is 10.7. The normalized spacial score (nSPS) is 11.7. The van der Waals surface area contributed by atoms with Crippen molar-refractivity contribution in [1.29, 1.82) is 0 Å². The highest BCUT2D eigenvalue weighted by molar-refractivity contribution is 7.92. The molecule has 0 aliphatic rings. The van der Waals surface area contributed by atoms with Gasteiger partial charge in [-0.1, -0.05) is 18.2 Å². The summed E-state index contributed by atoms with van der Waals surface area (Å²) >= 11 is 0. The largest absolute Gasteiger partial charge is 0.288 e. The van der Waals surface area contributed by atoms with Crippen molar-refractivity contribution in [2.75, 3.05) is 4.31 Å². The molecule has 0 atom stereocenters. The molecule has 0 N–H and O–H groups in total. The zero-order valence-electron chi connectivity index (χ0n) is 14.7. The van der Waals surface area contributed by atoms with Crippen molar-refractivity contribution in [3.05, 3.63) is 90.1 Å². The summed E-state index contributed by atoms with van der Waals surface area (Å²) in [6.07, 6.45) is 2.59. The topological polar surface area (TPSA) is 67.6 Å². The highest BCUT2D eigenvalue weighted by atomic mass is 32.2. The molecule has 4 rings (SSSR count). The molecule has 4 aromatic rings. The summed E-state index contributed by atoms with van der Waals surface area (Å²) in [5.74, 6) is -2.55. The van der Waals surface area contributed by atoms with Gasteiger partial charge in [-0.05, 0) is 30.3 Å². The van der Waals surface area contributed by atoms with Crippen molar-refractivity contribution >= 4 is 21.4 Å². The number of rotatable bonds is 5. The lowest BCUT2D eigenvalue weighted by Crippen LogP contribution is -2.31. The van der Waals surface area contributed by atoms with Gasteiger partial charge >= 0.3 is 0 Å². The molecule has 2 heterocycles. The van der Waals surface area contributed by atoms with Gasteiger partial charge in [-0.25, -0.2) is 21.6 Å². The number of benzene rings is 2. The van der Waals surface area contributed by atoms with E-state index in [1.807, 2.05) is 0 Å². The maximum atomic E-state index is 14.2. The molecule has 0 aliphatic heterocycles. The van der Waals surface area contributed by atoms with Crippen LogP contribution in [0.15, 0.2) is 72.0 Å². The number of aromatic nitrogens is 3. The SMILES string of the molecule is O=S(=O)(c1ccc2nncn2c1)N(Cc1ccccc1F)c1cc(F)cc(F)c1. The third-order valence-corrected chi connectivity index (χ3v) is 6.02. The van der Waals surface area contributed by atoms with Crippen LogP contribution < -0.4 is 4.31 Å². The van der Waals surface area contributed by atoms with Gasteiger partial charge in [-0.15, -0.1) is 10.2 Å². The first-order valence-electron chi connectivity index (χ1n) is 8.36. The monoisotopic (exact) mass is 418 g/mol. The van der Waals surface area contributed by atoms with Gasteiger partial charge in [-0.2, -0.15) is 0 Å². The Balaban J connectivity index is 1.87. The maximum absolute atomic E-state index is 14.2. The Morgan fingerprint density at radius 1 is 0.966 bits per heavy atom. The summed E-state index contributed by atoms with van der Waals surface area (Å²) in [6.45, 7) is -0.460. The number of pyridine rings is 1. The van der Waals surface area contributed by atoms with Crippen LogP contribution in [-0.4, -0.2) is 23.0 Å². The van der Waals surface area contributed by atoms with Gasteiger partial charge in [0, 0.05) is 17.8 Å². The van der Waals surface area contributed by atoms with Crippen molar-refractivity contribution < 1.29 is 21.6 Å². The van der Waals surface area contributed by atoms with Gasteiger partial charge in [-0.3, -0.25) is 8.71 Å². The number of hydrogen-bond donors (Lipinski definition) is 0. The third-order valence-electron chi connectivity index (χ3n) is 4.26. The fraction of sp³-hybridized carbons (Fsp3) is 0.0526. The molecular formula is C19H13F3N4O2S. The van der Waals surface area contributed by atoms with E-state index in [4.69, 9.17) is 0 Å². The Kier molecular flexibility index (Phi) is 4.71. The second-order valence-electron chi connectivity index (χ2n) is 6.19. The van der Waals surface area contributed by atoms with Crippen molar-refractivity contribution in [2.24, 2.45) is 0 Å². The van der Waals surface area contributed by atoms with Gasteiger partial charge in [0.15, 0.2) is 5.65 Å². The van der Waals surface area contributed by atoms with E-state index in [1.165, 1.54) is 47.3 Å². The fourth-order valence-corrected chi connectivity index (χ4v) is 4.30. The first kappa shape index (κ1) is 18.9. The Morgan fingerprint density at radius 3 is 2.41 bits per heavy atom. The van der Waals surface area contributed by atoms with E-state index in [9.17, 15) is 21.6 Å². The zero-order chi connectivity index (χ0) is 20.6. The number of fused-ring (bicyclic) bond motifs is 1. The molecule has 2 aromatic carbocycles. The average Bonchev–Trinajstić information content (AvgIpc) is 3.14. The van der Waals surface area contributed by atoms with Crippen LogP contribution in [0.3, 0.4) is 0 Å². The molecule has 0 spiro atoms. The third kappa shape index (κ3) is 3.66. The highest BCUT2D eigenvalue weighted by Crippen LogP contribution is 2.28. The number of nitrogens with zero attached hydrogens (tertiary/aromatic N) is 4. The fourth-order valence-electron chi connectivity index (χ4n) is 2.87. The van der Waals surface area contributed by atoms with Crippen LogP contribution in [0.2, 0.25) is 0 Å². The summed E-state index contributed by atoms with van der Waals surface area (Å²) in [5, 5.41) is 7.49. The molecule has 10 heteroatoms. The van der Waals surface area contributed by atoms with E-state index in [-0.39, 0.29) is 16.1 Å². The standard InChI is InChI=1S/C19H13F3N4O2S/c20-14-7-15(21)9-16(8-14)26(10-13-3-1-2-4-18(13)22)29(27,28)17-5-6-19-24-23-12-25(19)11-17/h1-9,11-12H,10H2. The quantitative estimate of drug-likeness (QED) is 0.497. The van der Waals surface area contributed by atoms with E-state index >= 15 is 0 Å². The van der Waals surface area contributed by atoms with Crippen LogP contribution in [-0.2, 0) is 16.6 Å². The van der Waals surface area contributed by atoms with Crippen molar-refractivity contribution in [3.8, 4) is 0 Å². The second-order valence-corrected chi connectivity index (χ2v) is 8.05. The summed E-state index contributed by atoms with van der Waals surface area (Å²) in [5.41, 5.74) is 0.196. The zero-order valence-corrected chi connectivity index (χ0v) is 15.5. The number of hydrogen-bond acceptors (Lipinski definition) is 4. The molecule has 0 amide bonds. The van der Waals surface area contributed by atoms with Gasteiger partial charge < -0.3 is 0 Å². The molecule has 29 heavy (non-hydrogen) atoms. The molecule has 0 bridgehead atoms. The van der Waals surface area contributed by atoms with E-state index in [1.54, 1.807) is 6.07 Å². The molecule has 0 radical (unpaired) electrons. The molecule has 2 aromatic heterocycles. The van der Waals surface area contributed by atoms with Crippen LogP contribution >= 0.6 is 0 Å². The Labute approximate surface area is 163 Å². The molecule has 6 nitrogen and oxygen atoms in total. The molecule has 0 aliphatic carbocycles. The van der Waals surface area contributed by atoms with Gasteiger partial charge in [0.1, 0.15) is 28.7 Å². The predicted molar refractivity (Wildman–Crippen MR) is 99.1 cm³/mol. The van der Waals surface area contributed by atoms with Crippen molar-refractivity contribution in [3.63, 3.8) is 0 Å². The lowest BCUT2D eigenvalue weighted by Gasteiger charge is -2.25. The van der Waals surface area contributed by atoms with E-state index in [2.05, 4.69) is 10.2 Å². The lowest BCUT2D eigenvalue weighted by atomic mass is 10.2. The molecule has 0 saturated heterocycles. The minimum Gasteiger partial charge on any atom is -0.288 e. The first-order chi connectivity index (χ1) is 13.8. The minimum atomic E-state index is -4.32. The molecule has 0 unspecified atom stereocenters. The van der Waals surface area contributed by atoms with Gasteiger partial charge in [0.2, 0.25) is 0 Å². The first-order valence-corrected chi connectivity index (χ1v) is 9.80. The van der Waals surface area contributed by atoms with E-state index in [0.29, 0.717) is 11.7 Å². The van der Waals surface area contributed by atoms with Crippen LogP contribution in [0, 0.1) is 17.5 Å². The summed E-state index contributed by atoms with van der Waals surface area (Å²) in [4.78, 5) is -0.175. The Hall–Kier alpha value is -3.40. The van der Waals surface area contributed by atoms with Crippen molar-refractivity contribution in [1.82, 2.24) is 14.6 Å². The summed E-state index contributed by atoms with van der Waals surface area (Å²) in [7, 11) is -4.32. The Bertz CT molecular complexity index is 1290. The number of sulfonamides is 1. The van der Waals surface area contributed by atoms with E-state index in [0.717, 1.165) is 16.4 Å². The lowest BCUT2D eigenvalue weighted by molar-refractivity contribution is 0.577.